The average Bonchev–Trinajstić information content (AvgIpc) is 3.44. The largest absolute Gasteiger partial charge is 0.401 e. The van der Waals surface area contributed by atoms with Crippen LogP contribution < -0.4 is 5.32 Å². The number of morpholine rings is 1. The zero-order valence-corrected chi connectivity index (χ0v) is 17.9. The minimum atomic E-state index is -3.62. The molecule has 12 heteroatoms. The van der Waals surface area contributed by atoms with Crippen LogP contribution in [-0.4, -0.2) is 64.9 Å². The van der Waals surface area contributed by atoms with E-state index in [2.05, 4.69) is 20.6 Å². The third-order valence-corrected chi connectivity index (χ3v) is 6.66. The number of rotatable bonds is 6. The molecule has 3 aromatic rings. The van der Waals surface area contributed by atoms with E-state index in [0.29, 0.717) is 32.0 Å². The molecule has 3 heterocycles. The van der Waals surface area contributed by atoms with Gasteiger partial charge in [-0.05, 0) is 44.2 Å². The van der Waals surface area contributed by atoms with Crippen molar-refractivity contribution in [2.24, 2.45) is 0 Å². The SMILES string of the molecule is CC(C)n1nccc1-c1nnc(NC(=O)c2ccc(S(=O)(=O)N3CCOCC3)cc2)o1. The lowest BCUT2D eigenvalue weighted by Gasteiger charge is -2.26. The lowest BCUT2D eigenvalue weighted by Crippen LogP contribution is -2.40. The van der Waals surface area contributed by atoms with Crippen LogP contribution in [0.5, 0.6) is 0 Å². The summed E-state index contributed by atoms with van der Waals surface area (Å²) < 4.78 is 39.2. The standard InChI is InChI=1S/C19H22N6O5S/c1-13(2)25-16(7-8-20-25)18-22-23-19(30-18)21-17(26)14-3-5-15(6-4-14)31(27,28)24-9-11-29-12-10-24/h3-8,13H,9-12H2,1-2H3,(H,21,23,26). The molecule has 0 atom stereocenters. The van der Waals surface area contributed by atoms with Crippen molar-refractivity contribution in [1.29, 1.82) is 0 Å². The maximum absolute atomic E-state index is 12.7. The molecule has 0 spiro atoms. The fourth-order valence-electron chi connectivity index (χ4n) is 3.16. The van der Waals surface area contributed by atoms with Gasteiger partial charge < -0.3 is 9.15 Å². The van der Waals surface area contributed by atoms with Gasteiger partial charge in [0.2, 0.25) is 10.0 Å². The molecule has 1 amide bonds. The number of benzene rings is 1. The Labute approximate surface area is 179 Å². The minimum absolute atomic E-state index is 0.0680. The summed E-state index contributed by atoms with van der Waals surface area (Å²) in [7, 11) is -3.62. The van der Waals surface area contributed by atoms with Gasteiger partial charge in [-0.15, -0.1) is 5.10 Å². The molecule has 31 heavy (non-hydrogen) atoms. The summed E-state index contributed by atoms with van der Waals surface area (Å²) in [4.78, 5) is 12.6. The van der Waals surface area contributed by atoms with Crippen molar-refractivity contribution in [3.8, 4) is 11.6 Å². The second kappa shape index (κ2) is 8.57. The predicted molar refractivity (Wildman–Crippen MR) is 110 cm³/mol. The van der Waals surface area contributed by atoms with Gasteiger partial charge in [-0.1, -0.05) is 5.10 Å². The van der Waals surface area contributed by atoms with Gasteiger partial charge in [0, 0.05) is 30.9 Å². The van der Waals surface area contributed by atoms with Gasteiger partial charge in [-0.25, -0.2) is 8.42 Å². The van der Waals surface area contributed by atoms with E-state index >= 15 is 0 Å². The lowest BCUT2D eigenvalue weighted by molar-refractivity contribution is 0.0730. The topological polar surface area (TPSA) is 132 Å². The Morgan fingerprint density at radius 1 is 1.10 bits per heavy atom. The molecule has 1 saturated heterocycles. The second-order valence-corrected chi connectivity index (χ2v) is 9.10. The highest BCUT2D eigenvalue weighted by molar-refractivity contribution is 7.89. The molecule has 0 radical (unpaired) electrons. The van der Waals surface area contributed by atoms with Gasteiger partial charge in [-0.3, -0.25) is 14.8 Å². The van der Waals surface area contributed by atoms with Gasteiger partial charge in [0.15, 0.2) is 0 Å². The van der Waals surface area contributed by atoms with E-state index in [1.807, 2.05) is 13.8 Å². The number of nitrogens with one attached hydrogen (secondary N) is 1. The smallest absolute Gasteiger partial charge is 0.322 e. The Balaban J connectivity index is 1.46. The molecule has 1 aliphatic rings. The van der Waals surface area contributed by atoms with Crippen molar-refractivity contribution in [2.45, 2.75) is 24.8 Å². The predicted octanol–water partition coefficient (Wildman–Crippen LogP) is 1.79. The minimum Gasteiger partial charge on any atom is -0.401 e. The van der Waals surface area contributed by atoms with Crippen LogP contribution in [0.2, 0.25) is 0 Å². The Morgan fingerprint density at radius 3 is 2.48 bits per heavy atom. The zero-order valence-electron chi connectivity index (χ0n) is 17.1. The lowest BCUT2D eigenvalue weighted by atomic mass is 10.2. The molecule has 4 rings (SSSR count). The van der Waals surface area contributed by atoms with Crippen molar-refractivity contribution < 1.29 is 22.4 Å². The first-order chi connectivity index (χ1) is 14.9. The molecule has 1 aliphatic heterocycles. The van der Waals surface area contributed by atoms with Crippen molar-refractivity contribution in [3.05, 3.63) is 42.1 Å². The third-order valence-electron chi connectivity index (χ3n) is 4.75. The summed E-state index contributed by atoms with van der Waals surface area (Å²) in [5.41, 5.74) is 0.897. The van der Waals surface area contributed by atoms with Gasteiger partial charge in [0.1, 0.15) is 5.69 Å². The number of ether oxygens (including phenoxy) is 1. The molecule has 0 unspecified atom stereocenters. The van der Waals surface area contributed by atoms with E-state index in [1.54, 1.807) is 16.9 Å². The Bertz CT molecular complexity index is 1160. The molecule has 1 fully saturated rings. The van der Waals surface area contributed by atoms with Crippen LogP contribution in [0, 0.1) is 0 Å². The first kappa shape index (κ1) is 21.2. The highest BCUT2D eigenvalue weighted by atomic mass is 32.2. The van der Waals surface area contributed by atoms with E-state index < -0.39 is 15.9 Å². The number of amides is 1. The van der Waals surface area contributed by atoms with Crippen molar-refractivity contribution in [1.82, 2.24) is 24.3 Å². The fraction of sp³-hybridized carbons (Fsp3) is 0.368. The summed E-state index contributed by atoms with van der Waals surface area (Å²) in [5.74, 6) is -0.267. The van der Waals surface area contributed by atoms with Gasteiger partial charge in [0.25, 0.3) is 11.8 Å². The summed E-state index contributed by atoms with van der Waals surface area (Å²) in [5, 5.41) is 14.6. The van der Waals surface area contributed by atoms with Crippen molar-refractivity contribution in [3.63, 3.8) is 0 Å². The molecule has 0 bridgehead atoms. The van der Waals surface area contributed by atoms with Gasteiger partial charge >= 0.3 is 6.01 Å². The van der Waals surface area contributed by atoms with Crippen LogP contribution in [0.3, 0.4) is 0 Å². The Hall–Kier alpha value is -3.09. The highest BCUT2D eigenvalue weighted by Crippen LogP contribution is 2.23. The van der Waals surface area contributed by atoms with Gasteiger partial charge in [0.05, 0.1) is 18.1 Å². The first-order valence-corrected chi connectivity index (χ1v) is 11.2. The number of aromatic nitrogens is 4. The molecular weight excluding hydrogens is 424 g/mol. The number of carbonyl (C=O) groups is 1. The molecule has 2 aromatic heterocycles. The maximum atomic E-state index is 12.7. The third kappa shape index (κ3) is 4.36. The van der Waals surface area contributed by atoms with E-state index in [0.717, 1.165) is 0 Å². The Kier molecular flexibility index (Phi) is 5.85. The molecule has 1 aromatic carbocycles. The number of anilines is 1. The van der Waals surface area contributed by atoms with Crippen LogP contribution in [0.1, 0.15) is 30.2 Å². The summed E-state index contributed by atoms with van der Waals surface area (Å²) >= 11 is 0. The number of carbonyl (C=O) groups excluding carboxylic acids is 1. The van der Waals surface area contributed by atoms with E-state index in [1.165, 1.54) is 28.6 Å². The normalized spacial score (nSPS) is 15.3. The number of sulfonamides is 1. The fourth-order valence-corrected chi connectivity index (χ4v) is 4.56. The number of nitrogens with zero attached hydrogens (tertiary/aromatic N) is 5. The van der Waals surface area contributed by atoms with Crippen LogP contribution in [0.15, 0.2) is 45.8 Å². The van der Waals surface area contributed by atoms with E-state index in [-0.39, 0.29) is 28.4 Å². The molecule has 1 N–H and O–H groups in total. The second-order valence-electron chi connectivity index (χ2n) is 7.16. The summed E-state index contributed by atoms with van der Waals surface area (Å²) in [6, 6.07) is 7.46. The van der Waals surface area contributed by atoms with Crippen molar-refractivity contribution in [2.75, 3.05) is 31.6 Å². The molecular formula is C19H22N6O5S. The first-order valence-electron chi connectivity index (χ1n) is 9.73. The van der Waals surface area contributed by atoms with Crippen LogP contribution >= 0.6 is 0 Å². The van der Waals surface area contributed by atoms with Crippen molar-refractivity contribution >= 4 is 21.9 Å². The molecule has 11 nitrogen and oxygen atoms in total. The number of hydrogen-bond donors (Lipinski definition) is 1. The average molecular weight is 446 g/mol. The molecule has 0 saturated carbocycles. The molecule has 164 valence electrons. The highest BCUT2D eigenvalue weighted by Gasteiger charge is 2.26. The quantitative estimate of drug-likeness (QED) is 0.606. The summed E-state index contributed by atoms with van der Waals surface area (Å²) in [6.45, 7) is 5.28. The van der Waals surface area contributed by atoms with Crippen LogP contribution in [0.4, 0.5) is 6.01 Å². The van der Waals surface area contributed by atoms with E-state index in [4.69, 9.17) is 9.15 Å². The van der Waals surface area contributed by atoms with Crippen LogP contribution in [0.25, 0.3) is 11.6 Å². The summed E-state index contributed by atoms with van der Waals surface area (Å²) in [6.07, 6.45) is 1.63. The Morgan fingerprint density at radius 2 is 1.81 bits per heavy atom. The number of hydrogen-bond acceptors (Lipinski definition) is 8. The zero-order chi connectivity index (χ0) is 22.0. The maximum Gasteiger partial charge on any atom is 0.322 e. The van der Waals surface area contributed by atoms with Crippen LogP contribution in [-0.2, 0) is 14.8 Å². The monoisotopic (exact) mass is 446 g/mol. The molecule has 0 aliphatic carbocycles. The van der Waals surface area contributed by atoms with Gasteiger partial charge in [-0.2, -0.15) is 9.40 Å². The van der Waals surface area contributed by atoms with E-state index in [9.17, 15) is 13.2 Å².